The molecule has 1 fully saturated rings. The van der Waals surface area contributed by atoms with Gasteiger partial charge in [0.25, 0.3) is 0 Å². The normalized spacial score (nSPS) is 18.9. The average Bonchev–Trinajstić information content (AvgIpc) is 2.78. The Hall–Kier alpha value is -0.820. The van der Waals surface area contributed by atoms with Gasteiger partial charge < -0.3 is 5.11 Å². The third kappa shape index (κ3) is 2.30. The third-order valence-corrected chi connectivity index (χ3v) is 4.00. The van der Waals surface area contributed by atoms with Gasteiger partial charge in [-0.05, 0) is 43.7 Å². The first-order valence-corrected chi connectivity index (χ1v) is 6.40. The summed E-state index contributed by atoms with van der Waals surface area (Å²) in [6, 6.07) is 6.60. The van der Waals surface area contributed by atoms with Crippen LogP contribution in [0.2, 0.25) is 0 Å². The summed E-state index contributed by atoms with van der Waals surface area (Å²) in [4.78, 5) is 0. The first-order valence-electron chi connectivity index (χ1n) is 6.40. The lowest BCUT2D eigenvalue weighted by atomic mass is 9.83. The van der Waals surface area contributed by atoms with Crippen molar-refractivity contribution in [3.8, 4) is 0 Å². The van der Waals surface area contributed by atoms with E-state index in [9.17, 15) is 5.11 Å². The number of aryl methyl sites for hydroxylation is 2. The molecule has 0 amide bonds. The fourth-order valence-electron chi connectivity index (χ4n) is 3.02. The van der Waals surface area contributed by atoms with Gasteiger partial charge in [-0.25, -0.2) is 0 Å². The summed E-state index contributed by atoms with van der Waals surface area (Å²) < 4.78 is 0. The summed E-state index contributed by atoms with van der Waals surface area (Å²) in [5.74, 6) is 1.06. The lowest BCUT2D eigenvalue weighted by Crippen LogP contribution is -2.15. The molecule has 1 aromatic carbocycles. The Balaban J connectivity index is 2.28. The molecule has 1 heteroatoms. The van der Waals surface area contributed by atoms with E-state index in [4.69, 9.17) is 0 Å². The van der Waals surface area contributed by atoms with E-state index in [1.54, 1.807) is 0 Å². The number of hydrogen-bond donors (Lipinski definition) is 1. The van der Waals surface area contributed by atoms with Crippen LogP contribution < -0.4 is 0 Å². The summed E-state index contributed by atoms with van der Waals surface area (Å²) in [6.07, 6.45) is 5.26. The van der Waals surface area contributed by atoms with Crippen molar-refractivity contribution >= 4 is 0 Å². The molecule has 1 aliphatic rings. The van der Waals surface area contributed by atoms with Crippen LogP contribution >= 0.6 is 0 Å². The minimum Gasteiger partial charge on any atom is -0.396 e. The first-order chi connectivity index (χ1) is 7.72. The smallest absolute Gasteiger partial charge is 0.0502 e. The van der Waals surface area contributed by atoms with Gasteiger partial charge in [0.1, 0.15) is 0 Å². The molecule has 0 bridgehead atoms. The van der Waals surface area contributed by atoms with Crippen LogP contribution in [0.1, 0.15) is 48.3 Å². The molecule has 0 spiro atoms. The minimum atomic E-state index is 0.301. The summed E-state index contributed by atoms with van der Waals surface area (Å²) in [6.45, 7) is 4.59. The highest BCUT2D eigenvalue weighted by atomic mass is 16.3. The third-order valence-electron chi connectivity index (χ3n) is 4.00. The highest BCUT2D eigenvalue weighted by molar-refractivity contribution is 5.34. The van der Waals surface area contributed by atoms with Crippen LogP contribution in [0, 0.1) is 19.8 Å². The molecule has 2 rings (SSSR count). The SMILES string of the molecule is Cc1ccc(C)c(C(CO)C2CCCC2)c1. The largest absolute Gasteiger partial charge is 0.396 e. The lowest BCUT2D eigenvalue weighted by molar-refractivity contribution is 0.225. The van der Waals surface area contributed by atoms with E-state index in [1.165, 1.54) is 42.4 Å². The predicted octanol–water partition coefficient (Wildman–Crippen LogP) is 3.57. The van der Waals surface area contributed by atoms with E-state index < -0.39 is 0 Å². The molecule has 1 unspecified atom stereocenters. The van der Waals surface area contributed by atoms with Gasteiger partial charge in [0.15, 0.2) is 0 Å². The second-order valence-corrected chi connectivity index (χ2v) is 5.19. The molecule has 1 atom stereocenters. The van der Waals surface area contributed by atoms with Gasteiger partial charge in [0.2, 0.25) is 0 Å². The summed E-state index contributed by atoms with van der Waals surface area (Å²) in [5.41, 5.74) is 4.00. The summed E-state index contributed by atoms with van der Waals surface area (Å²) in [5, 5.41) is 9.66. The van der Waals surface area contributed by atoms with Crippen LogP contribution in [-0.2, 0) is 0 Å². The Labute approximate surface area is 98.5 Å². The van der Waals surface area contributed by atoms with Crippen molar-refractivity contribution in [1.29, 1.82) is 0 Å². The fraction of sp³-hybridized carbons (Fsp3) is 0.600. The Kier molecular flexibility index (Phi) is 3.65. The Morgan fingerprint density at radius 3 is 2.56 bits per heavy atom. The zero-order valence-electron chi connectivity index (χ0n) is 10.4. The molecule has 1 aliphatic carbocycles. The van der Waals surface area contributed by atoms with Crippen molar-refractivity contribution in [3.63, 3.8) is 0 Å². The monoisotopic (exact) mass is 218 g/mol. The minimum absolute atomic E-state index is 0.301. The van der Waals surface area contributed by atoms with Gasteiger partial charge in [-0.3, -0.25) is 0 Å². The van der Waals surface area contributed by atoms with E-state index >= 15 is 0 Å². The van der Waals surface area contributed by atoms with Crippen LogP contribution in [-0.4, -0.2) is 11.7 Å². The summed E-state index contributed by atoms with van der Waals surface area (Å²) in [7, 11) is 0. The number of aliphatic hydroxyl groups is 1. The maximum absolute atomic E-state index is 9.66. The summed E-state index contributed by atoms with van der Waals surface area (Å²) >= 11 is 0. The Bertz CT molecular complexity index is 350. The van der Waals surface area contributed by atoms with Crippen LogP contribution in [0.3, 0.4) is 0 Å². The van der Waals surface area contributed by atoms with Crippen molar-refractivity contribution < 1.29 is 5.11 Å². The van der Waals surface area contributed by atoms with Gasteiger partial charge in [-0.2, -0.15) is 0 Å². The molecule has 0 aliphatic heterocycles. The molecule has 1 aromatic rings. The number of rotatable bonds is 3. The molecule has 1 N–H and O–H groups in total. The van der Waals surface area contributed by atoms with Crippen molar-refractivity contribution in [2.75, 3.05) is 6.61 Å². The predicted molar refractivity (Wildman–Crippen MR) is 67.7 cm³/mol. The van der Waals surface area contributed by atoms with E-state index in [0.717, 1.165) is 0 Å². The Morgan fingerprint density at radius 2 is 1.94 bits per heavy atom. The maximum atomic E-state index is 9.66. The lowest BCUT2D eigenvalue weighted by Gasteiger charge is -2.23. The standard InChI is InChI=1S/C15H22O/c1-11-7-8-12(2)14(9-11)15(10-16)13-5-3-4-6-13/h7-9,13,15-16H,3-6,10H2,1-2H3. The van der Waals surface area contributed by atoms with Gasteiger partial charge in [-0.15, -0.1) is 0 Å². The van der Waals surface area contributed by atoms with Gasteiger partial charge in [0, 0.05) is 5.92 Å². The highest BCUT2D eigenvalue weighted by Gasteiger charge is 2.26. The second-order valence-electron chi connectivity index (χ2n) is 5.19. The van der Waals surface area contributed by atoms with Crippen LogP contribution in [0.15, 0.2) is 18.2 Å². The Morgan fingerprint density at radius 1 is 1.25 bits per heavy atom. The molecule has 0 saturated heterocycles. The second kappa shape index (κ2) is 5.01. The van der Waals surface area contributed by atoms with Crippen LogP contribution in [0.4, 0.5) is 0 Å². The van der Waals surface area contributed by atoms with Crippen molar-refractivity contribution in [1.82, 2.24) is 0 Å². The van der Waals surface area contributed by atoms with E-state index in [-0.39, 0.29) is 0 Å². The molecular formula is C15H22O. The zero-order valence-corrected chi connectivity index (χ0v) is 10.4. The molecule has 1 nitrogen and oxygen atoms in total. The van der Waals surface area contributed by atoms with Crippen molar-refractivity contribution in [3.05, 3.63) is 34.9 Å². The molecular weight excluding hydrogens is 196 g/mol. The van der Waals surface area contributed by atoms with Gasteiger partial charge in [0.05, 0.1) is 6.61 Å². The molecule has 0 radical (unpaired) electrons. The average molecular weight is 218 g/mol. The topological polar surface area (TPSA) is 20.2 Å². The van der Waals surface area contributed by atoms with E-state index in [0.29, 0.717) is 18.4 Å². The molecule has 88 valence electrons. The van der Waals surface area contributed by atoms with E-state index in [1.807, 2.05) is 0 Å². The van der Waals surface area contributed by atoms with Crippen molar-refractivity contribution in [2.45, 2.75) is 45.4 Å². The quantitative estimate of drug-likeness (QED) is 0.822. The van der Waals surface area contributed by atoms with Crippen LogP contribution in [0.25, 0.3) is 0 Å². The highest BCUT2D eigenvalue weighted by Crippen LogP contribution is 2.38. The molecule has 1 saturated carbocycles. The van der Waals surface area contributed by atoms with Gasteiger partial charge in [-0.1, -0.05) is 36.6 Å². The zero-order chi connectivity index (χ0) is 11.5. The maximum Gasteiger partial charge on any atom is 0.0502 e. The van der Waals surface area contributed by atoms with E-state index in [2.05, 4.69) is 32.0 Å². The molecule has 0 heterocycles. The first kappa shape index (κ1) is 11.7. The number of aliphatic hydroxyl groups excluding tert-OH is 1. The number of hydrogen-bond acceptors (Lipinski definition) is 1. The van der Waals surface area contributed by atoms with Crippen LogP contribution in [0.5, 0.6) is 0 Å². The van der Waals surface area contributed by atoms with Crippen molar-refractivity contribution in [2.24, 2.45) is 5.92 Å². The number of benzene rings is 1. The van der Waals surface area contributed by atoms with Gasteiger partial charge >= 0.3 is 0 Å². The molecule has 0 aromatic heterocycles. The fourth-order valence-corrected chi connectivity index (χ4v) is 3.02. The molecule has 16 heavy (non-hydrogen) atoms.